The second-order valence-electron chi connectivity index (χ2n) is 6.28. The summed E-state index contributed by atoms with van der Waals surface area (Å²) in [5.41, 5.74) is 1.28. The monoisotopic (exact) mass is 286 g/mol. The summed E-state index contributed by atoms with van der Waals surface area (Å²) < 4.78 is 0. The quantitative estimate of drug-likeness (QED) is 0.665. The van der Waals surface area contributed by atoms with Gasteiger partial charge in [0, 0.05) is 18.8 Å². The van der Waals surface area contributed by atoms with Gasteiger partial charge in [0.05, 0.1) is 0 Å². The van der Waals surface area contributed by atoms with Crippen LogP contribution in [0.1, 0.15) is 56.9 Å². The summed E-state index contributed by atoms with van der Waals surface area (Å²) in [4.78, 5) is 23.4. The van der Waals surface area contributed by atoms with E-state index in [4.69, 9.17) is 0 Å². The van der Waals surface area contributed by atoms with Crippen LogP contribution in [0, 0.1) is 11.8 Å². The third-order valence-corrected chi connectivity index (χ3v) is 4.66. The molecule has 0 heterocycles. The highest BCUT2D eigenvalue weighted by atomic mass is 16.1. The Morgan fingerprint density at radius 2 is 1.86 bits per heavy atom. The molecule has 2 rings (SSSR count). The minimum atomic E-state index is -0.0328. The molecule has 1 aliphatic carbocycles. The zero-order valence-electron chi connectivity index (χ0n) is 12.8. The van der Waals surface area contributed by atoms with Crippen LogP contribution in [0.4, 0.5) is 0 Å². The maximum absolute atomic E-state index is 12.1. The van der Waals surface area contributed by atoms with Crippen LogP contribution in [-0.4, -0.2) is 12.1 Å². The average molecular weight is 286 g/mol. The normalized spacial score (nSPS) is 17.3. The van der Waals surface area contributed by atoms with Crippen LogP contribution in [0.5, 0.6) is 0 Å². The lowest BCUT2D eigenvalue weighted by Crippen LogP contribution is -2.22. The van der Waals surface area contributed by atoms with Crippen LogP contribution in [0.3, 0.4) is 0 Å². The third kappa shape index (κ3) is 5.45. The van der Waals surface area contributed by atoms with Crippen molar-refractivity contribution in [3.05, 3.63) is 35.9 Å². The summed E-state index contributed by atoms with van der Waals surface area (Å²) in [6, 6.07) is 10.3. The highest BCUT2D eigenvalue weighted by Gasteiger charge is 2.25. The van der Waals surface area contributed by atoms with E-state index in [2.05, 4.69) is 12.1 Å². The molecule has 1 aromatic carbocycles. The summed E-state index contributed by atoms with van der Waals surface area (Å²) in [5, 5.41) is 0. The van der Waals surface area contributed by atoms with Gasteiger partial charge in [0.2, 0.25) is 0 Å². The minimum absolute atomic E-state index is 0.0328. The zero-order chi connectivity index (χ0) is 14.9. The van der Waals surface area contributed by atoms with Gasteiger partial charge in [-0.3, -0.25) is 4.79 Å². The number of hydrogen-bond donors (Lipinski definition) is 0. The number of hydrogen-bond acceptors (Lipinski definition) is 2. The fourth-order valence-corrected chi connectivity index (χ4v) is 3.39. The Hall–Kier alpha value is -1.44. The molecule has 21 heavy (non-hydrogen) atoms. The van der Waals surface area contributed by atoms with Crippen LogP contribution in [0.2, 0.25) is 0 Å². The van der Waals surface area contributed by atoms with Crippen molar-refractivity contribution in [2.24, 2.45) is 11.8 Å². The van der Waals surface area contributed by atoms with E-state index >= 15 is 0 Å². The van der Waals surface area contributed by atoms with Crippen LogP contribution >= 0.6 is 0 Å². The largest absolute Gasteiger partial charge is 0.303 e. The molecule has 1 saturated carbocycles. The Labute approximate surface area is 127 Å². The first-order chi connectivity index (χ1) is 10.3. The molecule has 0 aliphatic heterocycles. The van der Waals surface area contributed by atoms with E-state index in [1.807, 2.05) is 18.2 Å². The summed E-state index contributed by atoms with van der Waals surface area (Å²) in [7, 11) is 0. The third-order valence-electron chi connectivity index (χ3n) is 4.66. The Morgan fingerprint density at radius 1 is 1.14 bits per heavy atom. The first kappa shape index (κ1) is 15.9. The highest BCUT2D eigenvalue weighted by Crippen LogP contribution is 2.31. The van der Waals surface area contributed by atoms with Crippen molar-refractivity contribution in [2.75, 3.05) is 0 Å². The van der Waals surface area contributed by atoms with Gasteiger partial charge in [0.25, 0.3) is 0 Å². The van der Waals surface area contributed by atoms with Crippen molar-refractivity contribution in [1.29, 1.82) is 0 Å². The van der Waals surface area contributed by atoms with E-state index in [0.29, 0.717) is 18.8 Å². The molecule has 114 valence electrons. The molecule has 1 aromatic rings. The van der Waals surface area contributed by atoms with Crippen molar-refractivity contribution < 1.29 is 9.59 Å². The topological polar surface area (TPSA) is 34.1 Å². The molecule has 2 heteroatoms. The summed E-state index contributed by atoms with van der Waals surface area (Å²) in [6.45, 7) is 0. The Kier molecular flexibility index (Phi) is 6.65. The molecule has 1 fully saturated rings. The number of ketones is 1. The Bertz CT molecular complexity index is 432. The molecule has 0 spiro atoms. The van der Waals surface area contributed by atoms with Crippen molar-refractivity contribution >= 4 is 12.1 Å². The molecule has 1 atom stereocenters. The highest BCUT2D eigenvalue weighted by molar-refractivity contribution is 5.81. The molecule has 0 N–H and O–H groups in total. The first-order valence-corrected chi connectivity index (χ1v) is 8.30. The number of carbonyl (C=O) groups is 2. The number of benzene rings is 1. The maximum atomic E-state index is 12.1. The van der Waals surface area contributed by atoms with Crippen LogP contribution in [0.15, 0.2) is 30.3 Å². The number of rotatable bonds is 8. The fourth-order valence-electron chi connectivity index (χ4n) is 3.39. The van der Waals surface area contributed by atoms with Gasteiger partial charge in [-0.15, -0.1) is 0 Å². The molecule has 0 saturated heterocycles. The van der Waals surface area contributed by atoms with Crippen LogP contribution in [-0.2, 0) is 16.0 Å². The van der Waals surface area contributed by atoms with Gasteiger partial charge >= 0.3 is 0 Å². The first-order valence-electron chi connectivity index (χ1n) is 8.30. The Balaban J connectivity index is 1.71. The fraction of sp³-hybridized carbons (Fsp3) is 0.579. The van der Waals surface area contributed by atoms with Gasteiger partial charge in [-0.25, -0.2) is 0 Å². The molecule has 2 nitrogen and oxygen atoms in total. The second kappa shape index (κ2) is 8.76. The van der Waals surface area contributed by atoms with E-state index in [0.717, 1.165) is 32.0 Å². The van der Waals surface area contributed by atoms with Crippen LogP contribution in [0.25, 0.3) is 0 Å². The second-order valence-corrected chi connectivity index (χ2v) is 6.28. The van der Waals surface area contributed by atoms with Crippen LogP contribution < -0.4 is 0 Å². The number of aldehydes is 1. The molecular weight excluding hydrogens is 260 g/mol. The predicted octanol–water partition coefficient (Wildman–Crippen LogP) is 4.36. The molecule has 0 aromatic heterocycles. The lowest BCUT2D eigenvalue weighted by molar-refractivity contribution is -0.124. The SMILES string of the molecule is O=CC(CC(=O)CCCc1ccccc1)C1CCCCC1. The van der Waals surface area contributed by atoms with E-state index in [1.165, 1.54) is 24.8 Å². The van der Waals surface area contributed by atoms with Gasteiger partial charge < -0.3 is 4.79 Å². The number of Topliss-reactive ketones (excluding diaryl/α,β-unsaturated/α-hetero) is 1. The smallest absolute Gasteiger partial charge is 0.133 e. The minimum Gasteiger partial charge on any atom is -0.303 e. The van der Waals surface area contributed by atoms with E-state index in [-0.39, 0.29) is 11.7 Å². The summed E-state index contributed by atoms with van der Waals surface area (Å²) in [5.74, 6) is 0.678. The maximum Gasteiger partial charge on any atom is 0.133 e. The van der Waals surface area contributed by atoms with Gasteiger partial charge in [0.15, 0.2) is 0 Å². The van der Waals surface area contributed by atoms with Crippen molar-refractivity contribution in [1.82, 2.24) is 0 Å². The van der Waals surface area contributed by atoms with Crippen molar-refractivity contribution in [2.45, 2.75) is 57.8 Å². The van der Waals surface area contributed by atoms with E-state index < -0.39 is 0 Å². The number of aryl methyl sites for hydroxylation is 1. The Morgan fingerprint density at radius 3 is 2.52 bits per heavy atom. The number of carbonyl (C=O) groups excluding carboxylic acids is 2. The van der Waals surface area contributed by atoms with Gasteiger partial charge in [-0.05, 0) is 37.2 Å². The lowest BCUT2D eigenvalue weighted by Gasteiger charge is -2.26. The van der Waals surface area contributed by atoms with Gasteiger partial charge in [-0.2, -0.15) is 0 Å². The standard InChI is InChI=1S/C19H26O2/c20-15-18(17-11-5-2-6-12-17)14-19(21)13-7-10-16-8-3-1-4-9-16/h1,3-4,8-9,15,17-18H,2,5-7,10-14H2. The van der Waals surface area contributed by atoms with Crippen molar-refractivity contribution in [3.8, 4) is 0 Å². The predicted molar refractivity (Wildman–Crippen MR) is 85.1 cm³/mol. The van der Waals surface area contributed by atoms with Crippen molar-refractivity contribution in [3.63, 3.8) is 0 Å². The molecule has 0 radical (unpaired) electrons. The molecular formula is C19H26O2. The van der Waals surface area contributed by atoms with Gasteiger partial charge in [-0.1, -0.05) is 49.6 Å². The van der Waals surface area contributed by atoms with E-state index in [1.54, 1.807) is 0 Å². The van der Waals surface area contributed by atoms with E-state index in [9.17, 15) is 9.59 Å². The lowest BCUT2D eigenvalue weighted by atomic mass is 9.78. The molecule has 1 unspecified atom stereocenters. The summed E-state index contributed by atoms with van der Waals surface area (Å²) >= 11 is 0. The van der Waals surface area contributed by atoms with Gasteiger partial charge in [0.1, 0.15) is 12.1 Å². The molecule has 0 bridgehead atoms. The summed E-state index contributed by atoms with van der Waals surface area (Å²) in [6.07, 6.45) is 9.91. The average Bonchev–Trinajstić information content (AvgIpc) is 2.54. The molecule has 1 aliphatic rings. The molecule has 0 amide bonds. The zero-order valence-corrected chi connectivity index (χ0v) is 12.8.